The van der Waals surface area contributed by atoms with Gasteiger partial charge >= 0.3 is 204 Å². The molecule has 0 fully saturated rings. The molecule has 3 aromatic carbocycles. The summed E-state index contributed by atoms with van der Waals surface area (Å²) < 4.78 is 16.7. The minimum atomic E-state index is -3.01. The molecule has 7 nitrogen and oxygen atoms in total. The minimum absolute atomic E-state index is 0.0847. The van der Waals surface area contributed by atoms with Gasteiger partial charge in [-0.25, -0.2) is 0 Å². The van der Waals surface area contributed by atoms with Crippen LogP contribution in [0.15, 0.2) is 91.0 Å². The maximum atomic E-state index is 11.7. The fourth-order valence-corrected chi connectivity index (χ4v) is 11.5. The molecule has 0 aliphatic carbocycles. The number of ether oxygens (including phenoxy) is 3. The average Bonchev–Trinajstić information content (AvgIpc) is 2.99. The van der Waals surface area contributed by atoms with Crippen LogP contribution in [0.2, 0.25) is 0 Å². The Bertz CT molecular complexity index is 1070. The molecule has 1 atom stereocenters. The number of nitrogens with two attached hydrogens (primary N) is 1. The van der Waals surface area contributed by atoms with Crippen LogP contribution >= 0.6 is 33.4 Å². The van der Waals surface area contributed by atoms with E-state index in [0.717, 1.165) is 6.16 Å². The molecule has 3 N–H and O–H groups in total. The number of hydrogen-bond donors (Lipinski definition) is 3. The van der Waals surface area contributed by atoms with E-state index in [1.165, 1.54) is 15.9 Å². The standard InChI is InChI=1S/C29H36BrN2O5PS/c30-38(24-10-4-1-5-11-24,25-12-6-2-7-13-25,26-14-8-3-9-15-26)21-20-36-17-16-35-18-19-37-28(33)22-32-29(34)27(31)23-39/h1-15,27,39H,16-23,31H2,(H,32,34). The predicted molar refractivity (Wildman–Crippen MR) is 166 cm³/mol. The van der Waals surface area contributed by atoms with Crippen LogP contribution in [-0.2, 0) is 23.8 Å². The summed E-state index contributed by atoms with van der Waals surface area (Å²) in [5, 5.41) is 3.13. The number of esters is 1. The van der Waals surface area contributed by atoms with Gasteiger partial charge in [-0.3, -0.25) is 4.79 Å². The molecule has 0 radical (unpaired) electrons. The van der Waals surface area contributed by atoms with Gasteiger partial charge in [-0.1, -0.05) is 0 Å². The summed E-state index contributed by atoms with van der Waals surface area (Å²) in [5.74, 6) is -0.805. The Kier molecular flexibility index (Phi) is 12.4. The number of rotatable bonds is 16. The first-order valence-corrected chi connectivity index (χ1v) is 17.8. The Hall–Kier alpha value is -2.26. The molecule has 0 saturated carbocycles. The SMILES string of the molecule is NC(CS)C(=O)NCC(=O)OCCOCCOCCP(Br)(c1ccccc1)(c1ccccc1)c1ccccc1. The summed E-state index contributed by atoms with van der Waals surface area (Å²) in [6.45, 7) is 1.37. The summed E-state index contributed by atoms with van der Waals surface area (Å²) in [7, 11) is 0. The Morgan fingerprint density at radius 3 is 1.67 bits per heavy atom. The summed E-state index contributed by atoms with van der Waals surface area (Å²) in [5.41, 5.74) is 5.54. The van der Waals surface area contributed by atoms with E-state index < -0.39 is 23.2 Å². The number of halogens is 1. The van der Waals surface area contributed by atoms with Crippen molar-refractivity contribution in [1.29, 1.82) is 0 Å². The molecule has 210 valence electrons. The van der Waals surface area contributed by atoms with Crippen molar-refractivity contribution in [3.05, 3.63) is 91.0 Å². The average molecular weight is 636 g/mol. The fourth-order valence-electron chi connectivity index (χ4n) is 4.25. The number of amides is 1. The van der Waals surface area contributed by atoms with E-state index in [-0.39, 0.29) is 25.5 Å². The van der Waals surface area contributed by atoms with Gasteiger partial charge in [-0.15, -0.1) is 0 Å². The van der Waals surface area contributed by atoms with Crippen molar-refractivity contribution >= 4 is 61.2 Å². The van der Waals surface area contributed by atoms with Crippen LogP contribution in [0.25, 0.3) is 0 Å². The molecule has 0 aliphatic rings. The van der Waals surface area contributed by atoms with E-state index in [2.05, 4.69) is 106 Å². The molecule has 3 rings (SSSR count). The van der Waals surface area contributed by atoms with E-state index in [9.17, 15) is 9.59 Å². The molecule has 3 aromatic rings. The topological polar surface area (TPSA) is 99.9 Å². The van der Waals surface area contributed by atoms with Gasteiger partial charge in [0.15, 0.2) is 0 Å². The second kappa shape index (κ2) is 15.5. The second-order valence-corrected chi connectivity index (χ2v) is 18.3. The van der Waals surface area contributed by atoms with Crippen molar-refractivity contribution in [3.63, 3.8) is 0 Å². The summed E-state index contributed by atoms with van der Waals surface area (Å²) in [6.07, 6.45) is 0.768. The molecular formula is C29H36BrN2O5PS. The summed E-state index contributed by atoms with van der Waals surface area (Å²) in [4.78, 5) is 23.3. The Balaban J connectivity index is 1.53. The molecule has 0 aromatic heterocycles. The van der Waals surface area contributed by atoms with E-state index in [1.54, 1.807) is 0 Å². The maximum absolute atomic E-state index is 11.7. The number of carbonyl (C=O) groups excluding carboxylic acids is 2. The van der Waals surface area contributed by atoms with E-state index in [4.69, 9.17) is 19.9 Å². The number of hydrogen-bond acceptors (Lipinski definition) is 7. The predicted octanol–water partition coefficient (Wildman–Crippen LogP) is 2.78. The van der Waals surface area contributed by atoms with Crippen LogP contribution in [0.1, 0.15) is 0 Å². The van der Waals surface area contributed by atoms with Gasteiger partial charge < -0.3 is 5.73 Å². The van der Waals surface area contributed by atoms with Gasteiger partial charge in [-0.05, 0) is 0 Å². The number of benzene rings is 3. The molecule has 0 saturated heterocycles. The number of carbonyl (C=O) groups is 2. The van der Waals surface area contributed by atoms with Crippen LogP contribution < -0.4 is 27.0 Å². The van der Waals surface area contributed by atoms with E-state index >= 15 is 0 Å². The molecule has 0 bridgehead atoms. The number of nitrogens with one attached hydrogen (secondary N) is 1. The third-order valence-corrected chi connectivity index (χ3v) is 16.6. The van der Waals surface area contributed by atoms with Crippen molar-refractivity contribution in [3.8, 4) is 0 Å². The van der Waals surface area contributed by atoms with Gasteiger partial charge in [0.2, 0.25) is 5.91 Å². The van der Waals surface area contributed by atoms with E-state index in [0.29, 0.717) is 19.8 Å². The first-order chi connectivity index (χ1) is 18.9. The molecule has 1 amide bonds. The Morgan fingerprint density at radius 2 is 1.21 bits per heavy atom. The van der Waals surface area contributed by atoms with Crippen LogP contribution in [-0.4, -0.2) is 69.4 Å². The molecule has 0 spiro atoms. The zero-order valence-corrected chi connectivity index (χ0v) is 25.2. The van der Waals surface area contributed by atoms with Crippen molar-refractivity contribution < 1.29 is 23.8 Å². The van der Waals surface area contributed by atoms with Crippen LogP contribution in [0.3, 0.4) is 0 Å². The second-order valence-electron chi connectivity index (χ2n) is 8.87. The third-order valence-electron chi connectivity index (χ3n) is 6.34. The molecule has 0 aliphatic heterocycles. The van der Waals surface area contributed by atoms with Crippen LogP contribution in [0.5, 0.6) is 0 Å². The molecule has 1 unspecified atom stereocenters. The third kappa shape index (κ3) is 8.13. The normalized spacial score (nSPS) is 13.2. The quantitative estimate of drug-likeness (QED) is 0.0970. The molecule has 0 heterocycles. The first-order valence-electron chi connectivity index (χ1n) is 12.7. The van der Waals surface area contributed by atoms with Crippen molar-refractivity contribution in [2.24, 2.45) is 5.73 Å². The fraction of sp³-hybridized carbons (Fsp3) is 0.310. The van der Waals surface area contributed by atoms with Crippen molar-refractivity contribution in [1.82, 2.24) is 5.32 Å². The van der Waals surface area contributed by atoms with Gasteiger partial charge in [0.25, 0.3) is 0 Å². The van der Waals surface area contributed by atoms with Crippen molar-refractivity contribution in [2.75, 3.05) is 51.5 Å². The van der Waals surface area contributed by atoms with Crippen LogP contribution in [0.4, 0.5) is 0 Å². The van der Waals surface area contributed by atoms with Gasteiger partial charge in [-0.2, -0.15) is 12.6 Å². The van der Waals surface area contributed by atoms with E-state index in [1.807, 2.05) is 18.2 Å². The molecule has 10 heteroatoms. The summed E-state index contributed by atoms with van der Waals surface area (Å²) in [6, 6.07) is 31.0. The monoisotopic (exact) mass is 634 g/mol. The van der Waals surface area contributed by atoms with Crippen LogP contribution in [0, 0.1) is 0 Å². The zero-order valence-electron chi connectivity index (χ0n) is 21.8. The molecule has 39 heavy (non-hydrogen) atoms. The van der Waals surface area contributed by atoms with Gasteiger partial charge in [0.1, 0.15) is 0 Å². The number of thiol groups is 1. The first kappa shape index (κ1) is 31.3. The van der Waals surface area contributed by atoms with Gasteiger partial charge in [0, 0.05) is 5.75 Å². The van der Waals surface area contributed by atoms with Crippen molar-refractivity contribution in [2.45, 2.75) is 6.04 Å². The zero-order chi connectivity index (χ0) is 28.0. The Labute approximate surface area is 243 Å². The van der Waals surface area contributed by atoms with Gasteiger partial charge in [0.05, 0.1) is 6.04 Å². The summed E-state index contributed by atoms with van der Waals surface area (Å²) >= 11 is 8.35. The molecular weight excluding hydrogens is 599 g/mol. The Morgan fingerprint density at radius 1 is 0.769 bits per heavy atom.